The monoisotopic (exact) mass is 498 g/mol. The maximum atomic E-state index is 11.7. The summed E-state index contributed by atoms with van der Waals surface area (Å²) in [4.78, 5) is 0. The molecule has 0 aromatic heterocycles. The second-order valence-electron chi connectivity index (χ2n) is 11.4. The van der Waals surface area contributed by atoms with E-state index < -0.39 is 61.0 Å². The Morgan fingerprint density at radius 3 is 2.29 bits per heavy atom. The Labute approximate surface area is 206 Å². The third kappa shape index (κ3) is 4.43. The zero-order valence-electron chi connectivity index (χ0n) is 21.0. The van der Waals surface area contributed by atoms with Crippen LogP contribution in [0.15, 0.2) is 22.8 Å². The third-order valence-corrected chi connectivity index (χ3v) is 9.04. The van der Waals surface area contributed by atoms with Crippen molar-refractivity contribution in [2.24, 2.45) is 29.1 Å². The SMILES string of the molecule is CC(C)C1=C2[C@@H](O[C@H]3O[C@H](CO)C(O)C(O)C3O)[C@H](O)[C@H](C)[C@@H]3CC[C@H](CO)/C3=C/[C@@]2(C)[C@@H](O)C1. The molecule has 1 aliphatic heterocycles. The van der Waals surface area contributed by atoms with Gasteiger partial charge in [-0.3, -0.25) is 0 Å². The van der Waals surface area contributed by atoms with Crippen molar-refractivity contribution in [1.82, 2.24) is 0 Å². The van der Waals surface area contributed by atoms with Gasteiger partial charge in [-0.15, -0.1) is 0 Å². The van der Waals surface area contributed by atoms with E-state index in [-0.39, 0.29) is 30.3 Å². The fourth-order valence-corrected chi connectivity index (χ4v) is 6.77. The van der Waals surface area contributed by atoms with Gasteiger partial charge in [-0.25, -0.2) is 0 Å². The standard InChI is InChI=1S/C26H42O9/c1-11(2)15-7-18(29)26(4)8-16-13(9-27)5-6-14(16)12(3)20(30)24(19(15)26)35-25-23(33)22(32)21(31)17(10-28)34-25/h8,11-14,17-18,20-25,27-33H,5-7,9-10H2,1-4H3/b16-8-/t12-,13-,14+,17-,18+,20-,21?,22?,23?,24-,25-,26+/m1/s1. The Morgan fingerprint density at radius 1 is 1.00 bits per heavy atom. The minimum atomic E-state index is -1.60. The number of hydrogen-bond donors (Lipinski definition) is 7. The zero-order chi connectivity index (χ0) is 25.8. The summed E-state index contributed by atoms with van der Waals surface area (Å²) in [5.41, 5.74) is 1.88. The van der Waals surface area contributed by atoms with E-state index in [1.807, 2.05) is 27.7 Å². The molecular weight excluding hydrogens is 456 g/mol. The van der Waals surface area contributed by atoms with Crippen LogP contribution in [0.25, 0.3) is 0 Å². The van der Waals surface area contributed by atoms with Gasteiger partial charge in [0, 0.05) is 17.9 Å². The Hall–Kier alpha value is -0.880. The fourth-order valence-electron chi connectivity index (χ4n) is 6.77. The first-order chi connectivity index (χ1) is 16.5. The van der Waals surface area contributed by atoms with Gasteiger partial charge in [0.25, 0.3) is 0 Å². The number of ether oxygens (including phenoxy) is 2. The predicted octanol–water partition coefficient (Wildman–Crippen LogP) is -0.149. The molecule has 9 nitrogen and oxygen atoms in total. The highest BCUT2D eigenvalue weighted by molar-refractivity contribution is 5.43. The highest BCUT2D eigenvalue weighted by Gasteiger charge is 2.55. The van der Waals surface area contributed by atoms with Crippen molar-refractivity contribution in [2.75, 3.05) is 13.2 Å². The molecule has 0 spiro atoms. The first-order valence-electron chi connectivity index (χ1n) is 12.8. The molecule has 0 aromatic carbocycles. The van der Waals surface area contributed by atoms with Gasteiger partial charge in [0.2, 0.25) is 0 Å². The molecule has 1 heterocycles. The number of hydrogen-bond acceptors (Lipinski definition) is 9. The van der Waals surface area contributed by atoms with Crippen molar-refractivity contribution < 1.29 is 45.2 Å². The largest absolute Gasteiger partial charge is 0.396 e. The van der Waals surface area contributed by atoms with E-state index in [1.165, 1.54) is 0 Å². The summed E-state index contributed by atoms with van der Waals surface area (Å²) in [6, 6.07) is 0. The Balaban J connectivity index is 1.81. The molecule has 0 amide bonds. The van der Waals surface area contributed by atoms with Gasteiger partial charge in [0.05, 0.1) is 18.8 Å². The summed E-state index contributed by atoms with van der Waals surface area (Å²) in [7, 11) is 0. The van der Waals surface area contributed by atoms with Crippen LogP contribution >= 0.6 is 0 Å². The first-order valence-corrected chi connectivity index (χ1v) is 12.8. The first kappa shape index (κ1) is 27.2. The Morgan fingerprint density at radius 2 is 1.69 bits per heavy atom. The van der Waals surface area contributed by atoms with Crippen molar-refractivity contribution in [3.8, 4) is 0 Å². The van der Waals surface area contributed by atoms with E-state index in [1.54, 1.807) is 0 Å². The summed E-state index contributed by atoms with van der Waals surface area (Å²) in [5, 5.41) is 73.8. The molecular formula is C26H42O9. The summed E-state index contributed by atoms with van der Waals surface area (Å²) in [5.74, 6) is -0.228. The van der Waals surface area contributed by atoms with Gasteiger partial charge in [0.15, 0.2) is 6.29 Å². The van der Waals surface area contributed by atoms with Crippen LogP contribution in [-0.4, -0.2) is 98.0 Å². The lowest BCUT2D eigenvalue weighted by molar-refractivity contribution is -0.315. The highest BCUT2D eigenvalue weighted by Crippen LogP contribution is 2.55. The van der Waals surface area contributed by atoms with E-state index in [4.69, 9.17) is 9.47 Å². The van der Waals surface area contributed by atoms with Crippen molar-refractivity contribution in [3.05, 3.63) is 22.8 Å². The zero-order valence-corrected chi connectivity index (χ0v) is 21.0. The average molecular weight is 499 g/mol. The molecule has 3 unspecified atom stereocenters. The van der Waals surface area contributed by atoms with Gasteiger partial charge in [0.1, 0.15) is 30.5 Å². The molecule has 200 valence electrons. The molecule has 2 fully saturated rings. The maximum absolute atomic E-state index is 11.7. The van der Waals surface area contributed by atoms with Crippen LogP contribution in [0.5, 0.6) is 0 Å². The van der Waals surface area contributed by atoms with Crippen molar-refractivity contribution in [3.63, 3.8) is 0 Å². The molecule has 3 aliphatic carbocycles. The van der Waals surface area contributed by atoms with E-state index in [9.17, 15) is 35.7 Å². The molecule has 1 saturated heterocycles. The van der Waals surface area contributed by atoms with Gasteiger partial charge in [-0.05, 0) is 49.5 Å². The topological polar surface area (TPSA) is 160 Å². The van der Waals surface area contributed by atoms with Crippen molar-refractivity contribution in [1.29, 1.82) is 0 Å². The molecule has 0 bridgehead atoms. The second-order valence-corrected chi connectivity index (χ2v) is 11.4. The lowest BCUT2D eigenvalue weighted by atomic mass is 9.68. The van der Waals surface area contributed by atoms with Crippen LogP contribution in [0.3, 0.4) is 0 Å². The van der Waals surface area contributed by atoms with Crippen LogP contribution in [0.4, 0.5) is 0 Å². The summed E-state index contributed by atoms with van der Waals surface area (Å²) in [6.45, 7) is 7.33. The Bertz CT molecular complexity index is 839. The minimum Gasteiger partial charge on any atom is -0.396 e. The maximum Gasteiger partial charge on any atom is 0.187 e. The molecule has 4 aliphatic rings. The Kier molecular flexibility index (Phi) is 7.85. The summed E-state index contributed by atoms with van der Waals surface area (Å²) < 4.78 is 11.9. The number of fused-ring (bicyclic) bond motifs is 2. The quantitative estimate of drug-likeness (QED) is 0.256. The van der Waals surface area contributed by atoms with Gasteiger partial charge < -0.3 is 45.2 Å². The number of rotatable bonds is 5. The molecule has 1 saturated carbocycles. The van der Waals surface area contributed by atoms with E-state index >= 15 is 0 Å². The average Bonchev–Trinajstić information content (AvgIpc) is 3.33. The summed E-state index contributed by atoms with van der Waals surface area (Å²) in [6.07, 6.45) is -5.93. The second kappa shape index (κ2) is 10.1. The van der Waals surface area contributed by atoms with Crippen LogP contribution in [0, 0.1) is 29.1 Å². The lowest BCUT2D eigenvalue weighted by Crippen LogP contribution is -2.60. The molecule has 12 atom stereocenters. The van der Waals surface area contributed by atoms with E-state index in [0.717, 1.165) is 29.6 Å². The molecule has 0 aromatic rings. The van der Waals surface area contributed by atoms with Gasteiger partial charge >= 0.3 is 0 Å². The third-order valence-electron chi connectivity index (χ3n) is 9.04. The predicted molar refractivity (Wildman–Crippen MR) is 126 cm³/mol. The van der Waals surface area contributed by atoms with E-state index in [0.29, 0.717) is 6.42 Å². The van der Waals surface area contributed by atoms with Crippen LogP contribution < -0.4 is 0 Å². The normalized spacial score (nSPS) is 49.9. The number of aliphatic hydroxyl groups excluding tert-OH is 7. The van der Waals surface area contributed by atoms with Gasteiger partial charge in [-0.2, -0.15) is 0 Å². The minimum absolute atomic E-state index is 0.00303. The lowest BCUT2D eigenvalue weighted by Gasteiger charge is -2.46. The van der Waals surface area contributed by atoms with Crippen molar-refractivity contribution in [2.45, 2.75) is 96.0 Å². The molecule has 9 heteroatoms. The number of aliphatic hydroxyl groups is 7. The molecule has 7 N–H and O–H groups in total. The highest BCUT2D eigenvalue weighted by atomic mass is 16.7. The van der Waals surface area contributed by atoms with E-state index in [2.05, 4.69) is 6.08 Å². The van der Waals surface area contributed by atoms with Gasteiger partial charge in [-0.1, -0.05) is 38.0 Å². The molecule has 0 radical (unpaired) electrons. The van der Waals surface area contributed by atoms with Crippen LogP contribution in [0.2, 0.25) is 0 Å². The molecule has 35 heavy (non-hydrogen) atoms. The summed E-state index contributed by atoms with van der Waals surface area (Å²) >= 11 is 0. The van der Waals surface area contributed by atoms with Crippen molar-refractivity contribution >= 4 is 0 Å². The smallest absolute Gasteiger partial charge is 0.187 e. The molecule has 4 rings (SSSR count). The fraction of sp³-hybridized carbons (Fsp3) is 0.846. The van der Waals surface area contributed by atoms with Crippen LogP contribution in [0.1, 0.15) is 47.0 Å². The van der Waals surface area contributed by atoms with Crippen LogP contribution in [-0.2, 0) is 9.47 Å².